The maximum absolute atomic E-state index is 12.5. The Hall–Kier alpha value is -2.79. The summed E-state index contributed by atoms with van der Waals surface area (Å²) < 4.78 is 5.31. The van der Waals surface area contributed by atoms with Gasteiger partial charge in [0.1, 0.15) is 5.76 Å². The van der Waals surface area contributed by atoms with Gasteiger partial charge in [0.2, 0.25) is 0 Å². The van der Waals surface area contributed by atoms with Crippen molar-refractivity contribution in [3.63, 3.8) is 0 Å². The van der Waals surface area contributed by atoms with Gasteiger partial charge in [-0.25, -0.2) is 0 Å². The number of ether oxygens (including phenoxy) is 1. The number of hydrogen-bond donors (Lipinski definition) is 3. The number of allylic oxidation sites excluding steroid dienone is 4. The van der Waals surface area contributed by atoms with Gasteiger partial charge in [0.15, 0.2) is 17.3 Å². The summed E-state index contributed by atoms with van der Waals surface area (Å²) >= 11 is 0. The predicted molar refractivity (Wildman–Crippen MR) is 101 cm³/mol. The summed E-state index contributed by atoms with van der Waals surface area (Å²) in [5, 5.41) is 29.5. The van der Waals surface area contributed by atoms with E-state index < -0.39 is 12.0 Å². The van der Waals surface area contributed by atoms with Crippen LogP contribution in [0, 0.1) is 5.92 Å². The Morgan fingerprint density at radius 2 is 1.96 bits per heavy atom. The molecule has 0 aromatic heterocycles. The van der Waals surface area contributed by atoms with Crippen LogP contribution in [-0.4, -0.2) is 34.3 Å². The first kappa shape index (κ1) is 19.5. The molecule has 0 amide bonds. The number of carbonyl (C=O) groups is 1. The fourth-order valence-electron chi connectivity index (χ4n) is 2.68. The van der Waals surface area contributed by atoms with Crippen molar-refractivity contribution < 1.29 is 24.9 Å². The quantitative estimate of drug-likeness (QED) is 0.413. The Kier molecular flexibility index (Phi) is 6.41. The normalized spacial score (nSPS) is 19.7. The summed E-state index contributed by atoms with van der Waals surface area (Å²) in [6.45, 7) is 3.94. The van der Waals surface area contributed by atoms with E-state index in [9.17, 15) is 20.1 Å². The predicted octanol–water partition coefficient (Wildman–Crippen LogP) is 3.48. The molecular formula is C21H24O5. The maximum atomic E-state index is 12.5. The van der Waals surface area contributed by atoms with E-state index in [1.807, 2.05) is 19.9 Å². The van der Waals surface area contributed by atoms with Crippen LogP contribution in [-0.2, 0) is 9.53 Å². The molecule has 3 N–H and O–H groups in total. The maximum Gasteiger partial charge on any atom is 0.165 e. The van der Waals surface area contributed by atoms with Crippen molar-refractivity contribution >= 4 is 11.9 Å². The Labute approximate surface area is 153 Å². The summed E-state index contributed by atoms with van der Waals surface area (Å²) in [6.07, 6.45) is 7.77. The topological polar surface area (TPSA) is 87.0 Å². The largest absolute Gasteiger partial charge is 0.504 e. The van der Waals surface area contributed by atoms with Crippen LogP contribution in [0.4, 0.5) is 0 Å². The molecule has 0 saturated carbocycles. The van der Waals surface area contributed by atoms with E-state index in [2.05, 4.69) is 0 Å². The molecule has 1 aliphatic carbocycles. The number of aliphatic hydroxyl groups excluding tert-OH is 1. The number of ketones is 1. The molecule has 0 fully saturated rings. The van der Waals surface area contributed by atoms with Gasteiger partial charge < -0.3 is 20.1 Å². The van der Waals surface area contributed by atoms with Gasteiger partial charge in [-0.1, -0.05) is 29.9 Å². The highest BCUT2D eigenvalue weighted by molar-refractivity contribution is 5.97. The molecule has 1 aromatic carbocycles. The van der Waals surface area contributed by atoms with E-state index in [1.54, 1.807) is 18.2 Å². The molecule has 1 aliphatic rings. The molecule has 1 aromatic rings. The van der Waals surface area contributed by atoms with Crippen LogP contribution in [0.3, 0.4) is 0 Å². The lowest BCUT2D eigenvalue weighted by Crippen LogP contribution is -2.30. The fraction of sp³-hybridized carbons (Fsp3) is 0.286. The monoisotopic (exact) mass is 356 g/mol. The minimum Gasteiger partial charge on any atom is -0.504 e. The number of hydrogen-bond acceptors (Lipinski definition) is 5. The number of methoxy groups -OCH3 is 1. The molecule has 2 rings (SSSR count). The van der Waals surface area contributed by atoms with Crippen molar-refractivity contribution in [2.75, 3.05) is 7.11 Å². The van der Waals surface area contributed by atoms with Gasteiger partial charge in [-0.3, -0.25) is 4.79 Å². The van der Waals surface area contributed by atoms with Crippen molar-refractivity contribution in [1.82, 2.24) is 0 Å². The number of phenolic OH excluding ortho intramolecular Hbond substituents is 2. The van der Waals surface area contributed by atoms with Gasteiger partial charge in [-0.05, 0) is 50.1 Å². The third-order valence-electron chi connectivity index (χ3n) is 4.19. The van der Waals surface area contributed by atoms with Gasteiger partial charge >= 0.3 is 0 Å². The average Bonchev–Trinajstić information content (AvgIpc) is 2.60. The number of phenols is 2. The lowest BCUT2D eigenvalue weighted by molar-refractivity contribution is -0.119. The van der Waals surface area contributed by atoms with Gasteiger partial charge in [0.25, 0.3) is 0 Å². The third kappa shape index (κ3) is 4.64. The summed E-state index contributed by atoms with van der Waals surface area (Å²) in [4.78, 5) is 12.5. The summed E-state index contributed by atoms with van der Waals surface area (Å²) in [5.41, 5.74) is 2.36. The van der Waals surface area contributed by atoms with Crippen LogP contribution in [0.2, 0.25) is 0 Å². The highest BCUT2D eigenvalue weighted by Gasteiger charge is 2.30. The van der Waals surface area contributed by atoms with E-state index >= 15 is 0 Å². The molecule has 2 unspecified atom stereocenters. The van der Waals surface area contributed by atoms with Gasteiger partial charge in [0.05, 0.1) is 19.1 Å². The van der Waals surface area contributed by atoms with E-state index in [1.165, 1.54) is 31.4 Å². The van der Waals surface area contributed by atoms with E-state index in [0.717, 1.165) is 5.57 Å². The average molecular weight is 356 g/mol. The Balaban J connectivity index is 2.18. The first-order valence-electron chi connectivity index (χ1n) is 8.34. The Morgan fingerprint density at radius 3 is 2.58 bits per heavy atom. The third-order valence-corrected chi connectivity index (χ3v) is 4.19. The fourth-order valence-corrected chi connectivity index (χ4v) is 2.68. The molecule has 0 aliphatic heterocycles. The molecule has 0 bridgehead atoms. The smallest absolute Gasteiger partial charge is 0.165 e. The summed E-state index contributed by atoms with van der Waals surface area (Å²) in [6, 6.07) is 4.28. The number of rotatable bonds is 6. The summed E-state index contributed by atoms with van der Waals surface area (Å²) in [7, 11) is 1.54. The lowest BCUT2D eigenvalue weighted by atomic mass is 9.85. The van der Waals surface area contributed by atoms with Crippen molar-refractivity contribution in [3.05, 3.63) is 65.0 Å². The Bertz CT molecular complexity index is 795. The second-order valence-corrected chi connectivity index (χ2v) is 6.39. The molecule has 0 spiro atoms. The molecular weight excluding hydrogens is 332 g/mol. The van der Waals surface area contributed by atoms with Crippen LogP contribution in [0.1, 0.15) is 25.8 Å². The number of aliphatic hydroxyl groups is 1. The van der Waals surface area contributed by atoms with Crippen LogP contribution in [0.15, 0.2) is 59.4 Å². The van der Waals surface area contributed by atoms with Crippen molar-refractivity contribution in [2.24, 2.45) is 5.92 Å². The van der Waals surface area contributed by atoms with Gasteiger partial charge in [-0.15, -0.1) is 0 Å². The van der Waals surface area contributed by atoms with Crippen LogP contribution >= 0.6 is 0 Å². The van der Waals surface area contributed by atoms with Crippen molar-refractivity contribution in [2.45, 2.75) is 26.4 Å². The van der Waals surface area contributed by atoms with E-state index in [0.29, 0.717) is 23.3 Å². The number of carbonyl (C=O) groups excluding carboxylic acids is 1. The minimum absolute atomic E-state index is 0.222. The highest BCUT2D eigenvalue weighted by atomic mass is 16.5. The van der Waals surface area contributed by atoms with Crippen LogP contribution in [0.5, 0.6) is 11.5 Å². The highest BCUT2D eigenvalue weighted by Crippen LogP contribution is 2.29. The number of benzene rings is 1. The standard InChI is InChI=1S/C21H24O5/c1-13(2)4-7-16-20(26-3)11-8-15(21(16)25)17(22)9-5-14-6-10-18(23)19(24)12-14/h4-6,8-12,15,21,23-25H,7H2,1-3H3. The zero-order valence-corrected chi connectivity index (χ0v) is 15.1. The van der Waals surface area contributed by atoms with Crippen LogP contribution in [0.25, 0.3) is 6.08 Å². The molecule has 0 saturated heterocycles. The minimum atomic E-state index is -0.962. The molecule has 138 valence electrons. The van der Waals surface area contributed by atoms with Crippen molar-refractivity contribution in [1.29, 1.82) is 0 Å². The molecule has 2 atom stereocenters. The molecule has 5 nitrogen and oxygen atoms in total. The van der Waals surface area contributed by atoms with Gasteiger partial charge in [0, 0.05) is 5.57 Å². The Morgan fingerprint density at radius 1 is 1.23 bits per heavy atom. The van der Waals surface area contributed by atoms with E-state index in [-0.39, 0.29) is 17.3 Å². The zero-order chi connectivity index (χ0) is 19.3. The van der Waals surface area contributed by atoms with Crippen LogP contribution < -0.4 is 0 Å². The number of aromatic hydroxyl groups is 2. The zero-order valence-electron chi connectivity index (χ0n) is 15.1. The van der Waals surface area contributed by atoms with E-state index in [4.69, 9.17) is 4.74 Å². The van der Waals surface area contributed by atoms with Gasteiger partial charge in [-0.2, -0.15) is 0 Å². The lowest BCUT2D eigenvalue weighted by Gasteiger charge is -2.25. The first-order chi connectivity index (χ1) is 12.3. The SMILES string of the molecule is COC1=C(CC=C(C)C)C(O)C(C(=O)C=Cc2ccc(O)c(O)c2)C=C1. The molecule has 26 heavy (non-hydrogen) atoms. The molecule has 5 heteroatoms. The molecule has 0 radical (unpaired) electrons. The van der Waals surface area contributed by atoms with Crippen molar-refractivity contribution in [3.8, 4) is 11.5 Å². The second-order valence-electron chi connectivity index (χ2n) is 6.39. The second kappa shape index (κ2) is 8.54. The molecule has 0 heterocycles. The summed E-state index contributed by atoms with van der Waals surface area (Å²) in [5.74, 6) is -0.858. The first-order valence-corrected chi connectivity index (χ1v) is 8.34.